The van der Waals surface area contributed by atoms with Crippen LogP contribution in [0.2, 0.25) is 0 Å². The van der Waals surface area contributed by atoms with Crippen LogP contribution in [-0.2, 0) is 19.1 Å². The second-order valence-electron chi connectivity index (χ2n) is 7.16. The maximum Gasteiger partial charge on any atom is 0.314 e. The van der Waals surface area contributed by atoms with Crippen molar-refractivity contribution >= 4 is 11.8 Å². The highest BCUT2D eigenvalue weighted by Gasteiger charge is 2.59. The standard InChI is InChI=1S/C22H26O4/c1-4-6-7-8-9-11-17-20-18-14-25-16(10-5-2)12-15(18)13-19(23)22(20,3)26-21(17)24/h5,9-14,17,20H,4,6-8H2,1-3H3/b10-5+,11-9+/t17-,20+,22?/m0/s1. The zero-order valence-corrected chi connectivity index (χ0v) is 15.7. The lowest BCUT2D eigenvalue weighted by atomic mass is 9.68. The lowest BCUT2D eigenvalue weighted by Gasteiger charge is -2.35. The van der Waals surface area contributed by atoms with E-state index in [9.17, 15) is 9.59 Å². The van der Waals surface area contributed by atoms with Crippen molar-refractivity contribution in [1.29, 1.82) is 0 Å². The maximum atomic E-state index is 12.7. The Bertz CT molecular complexity index is 750. The Kier molecular flexibility index (Phi) is 5.30. The fourth-order valence-corrected chi connectivity index (χ4v) is 3.84. The smallest absolute Gasteiger partial charge is 0.314 e. The number of ether oxygens (including phenoxy) is 2. The van der Waals surface area contributed by atoms with Crippen LogP contribution in [0, 0.1) is 11.8 Å². The molecule has 2 heterocycles. The van der Waals surface area contributed by atoms with E-state index in [0.29, 0.717) is 5.76 Å². The van der Waals surface area contributed by atoms with Gasteiger partial charge in [-0.05, 0) is 50.5 Å². The molecular weight excluding hydrogens is 328 g/mol. The zero-order valence-electron chi connectivity index (χ0n) is 15.7. The molecule has 138 valence electrons. The Morgan fingerprint density at radius 2 is 2.04 bits per heavy atom. The quantitative estimate of drug-likeness (QED) is 0.399. The molecule has 0 radical (unpaired) electrons. The average molecular weight is 354 g/mol. The van der Waals surface area contributed by atoms with Gasteiger partial charge in [-0.3, -0.25) is 9.59 Å². The Balaban J connectivity index is 1.90. The summed E-state index contributed by atoms with van der Waals surface area (Å²) in [6.45, 7) is 5.78. The summed E-state index contributed by atoms with van der Waals surface area (Å²) in [5, 5.41) is 0. The average Bonchev–Trinajstić information content (AvgIpc) is 2.87. The normalized spacial score (nSPS) is 30.5. The third kappa shape index (κ3) is 3.20. The molecule has 0 aromatic heterocycles. The second kappa shape index (κ2) is 7.48. The summed E-state index contributed by atoms with van der Waals surface area (Å²) in [4.78, 5) is 25.2. The molecule has 0 spiro atoms. The van der Waals surface area contributed by atoms with E-state index in [2.05, 4.69) is 6.92 Å². The van der Waals surface area contributed by atoms with Crippen molar-refractivity contribution in [3.63, 3.8) is 0 Å². The molecule has 1 fully saturated rings. The maximum absolute atomic E-state index is 12.7. The first-order valence-corrected chi connectivity index (χ1v) is 9.38. The predicted octanol–water partition coefficient (Wildman–Crippen LogP) is 4.55. The van der Waals surface area contributed by atoms with E-state index in [4.69, 9.17) is 9.47 Å². The largest absolute Gasteiger partial charge is 0.465 e. The molecule has 0 saturated carbocycles. The minimum absolute atomic E-state index is 0.164. The number of carbonyl (C=O) groups excluding carboxylic acids is 2. The van der Waals surface area contributed by atoms with Gasteiger partial charge in [0.2, 0.25) is 0 Å². The van der Waals surface area contributed by atoms with Crippen molar-refractivity contribution in [1.82, 2.24) is 0 Å². The molecule has 4 heteroatoms. The van der Waals surface area contributed by atoms with E-state index in [-0.39, 0.29) is 17.7 Å². The molecular formula is C22H26O4. The molecule has 0 N–H and O–H groups in total. The zero-order chi connectivity index (χ0) is 18.7. The SMILES string of the molecule is C/C=C/C1=CC2=CC(=O)C3(C)OC(=O)[C@@H](/C=C/CCCCC)[C@@H]3C2=CO1. The van der Waals surface area contributed by atoms with Gasteiger partial charge in [0.1, 0.15) is 5.76 Å². The van der Waals surface area contributed by atoms with Gasteiger partial charge < -0.3 is 9.47 Å². The van der Waals surface area contributed by atoms with Crippen molar-refractivity contribution in [2.75, 3.05) is 0 Å². The third-order valence-corrected chi connectivity index (χ3v) is 5.25. The lowest BCUT2D eigenvalue weighted by Crippen LogP contribution is -2.45. The Hall–Kier alpha value is -2.36. The van der Waals surface area contributed by atoms with Gasteiger partial charge in [-0.15, -0.1) is 0 Å². The van der Waals surface area contributed by atoms with Gasteiger partial charge >= 0.3 is 5.97 Å². The Morgan fingerprint density at radius 3 is 2.77 bits per heavy atom. The van der Waals surface area contributed by atoms with E-state index in [1.54, 1.807) is 19.3 Å². The molecule has 0 aromatic rings. The Morgan fingerprint density at radius 1 is 1.23 bits per heavy atom. The van der Waals surface area contributed by atoms with Crippen LogP contribution in [0.15, 0.2) is 59.6 Å². The highest BCUT2D eigenvalue weighted by molar-refractivity contribution is 6.04. The number of unbranched alkanes of at least 4 members (excludes halogenated alkanes) is 3. The van der Waals surface area contributed by atoms with Crippen LogP contribution in [0.5, 0.6) is 0 Å². The van der Waals surface area contributed by atoms with Crippen LogP contribution in [0.25, 0.3) is 0 Å². The lowest BCUT2D eigenvalue weighted by molar-refractivity contribution is -0.155. The van der Waals surface area contributed by atoms with Gasteiger partial charge in [0.25, 0.3) is 0 Å². The first-order valence-electron chi connectivity index (χ1n) is 9.38. The van der Waals surface area contributed by atoms with Gasteiger partial charge in [-0.25, -0.2) is 0 Å². The molecule has 4 nitrogen and oxygen atoms in total. The number of rotatable bonds is 6. The summed E-state index contributed by atoms with van der Waals surface area (Å²) in [6.07, 6.45) is 17.1. The van der Waals surface area contributed by atoms with Crippen molar-refractivity contribution in [3.05, 3.63) is 59.6 Å². The van der Waals surface area contributed by atoms with E-state index in [1.165, 1.54) is 6.42 Å². The number of allylic oxidation sites excluding steroid dienone is 5. The number of esters is 1. The van der Waals surface area contributed by atoms with Crippen LogP contribution in [0.1, 0.15) is 46.5 Å². The Labute approximate surface area is 154 Å². The molecule has 1 aliphatic carbocycles. The van der Waals surface area contributed by atoms with Crippen LogP contribution >= 0.6 is 0 Å². The van der Waals surface area contributed by atoms with Gasteiger partial charge in [0, 0.05) is 5.57 Å². The van der Waals surface area contributed by atoms with Gasteiger partial charge in [-0.1, -0.05) is 38.0 Å². The number of ketones is 1. The molecule has 3 atom stereocenters. The second-order valence-corrected chi connectivity index (χ2v) is 7.16. The van der Waals surface area contributed by atoms with E-state index >= 15 is 0 Å². The highest BCUT2D eigenvalue weighted by atomic mass is 16.6. The van der Waals surface area contributed by atoms with Gasteiger partial charge in [0.05, 0.1) is 18.1 Å². The van der Waals surface area contributed by atoms with Crippen molar-refractivity contribution in [2.45, 2.75) is 52.1 Å². The molecule has 2 aliphatic heterocycles. The molecule has 0 bridgehead atoms. The fourth-order valence-electron chi connectivity index (χ4n) is 3.84. The molecule has 26 heavy (non-hydrogen) atoms. The first-order chi connectivity index (χ1) is 12.5. The van der Waals surface area contributed by atoms with Crippen LogP contribution in [0.4, 0.5) is 0 Å². The summed E-state index contributed by atoms with van der Waals surface area (Å²) in [7, 11) is 0. The van der Waals surface area contributed by atoms with Crippen LogP contribution < -0.4 is 0 Å². The van der Waals surface area contributed by atoms with E-state index < -0.39 is 11.5 Å². The van der Waals surface area contributed by atoms with Crippen molar-refractivity contribution < 1.29 is 19.1 Å². The summed E-state index contributed by atoms with van der Waals surface area (Å²) < 4.78 is 11.3. The number of carbonyl (C=O) groups is 2. The van der Waals surface area contributed by atoms with E-state index in [1.807, 2.05) is 37.3 Å². The molecule has 1 saturated heterocycles. The van der Waals surface area contributed by atoms with Crippen molar-refractivity contribution in [3.8, 4) is 0 Å². The fraction of sp³-hybridized carbons (Fsp3) is 0.455. The minimum Gasteiger partial charge on any atom is -0.465 e. The monoisotopic (exact) mass is 354 g/mol. The van der Waals surface area contributed by atoms with Gasteiger partial charge in [-0.2, -0.15) is 0 Å². The first kappa shape index (κ1) is 18.4. The van der Waals surface area contributed by atoms with Crippen molar-refractivity contribution in [2.24, 2.45) is 11.8 Å². The molecule has 0 aromatic carbocycles. The molecule has 0 amide bonds. The van der Waals surface area contributed by atoms with Gasteiger partial charge in [0.15, 0.2) is 11.4 Å². The summed E-state index contributed by atoms with van der Waals surface area (Å²) in [5.41, 5.74) is 0.508. The number of fused-ring (bicyclic) bond motifs is 3. The number of hydrogen-bond donors (Lipinski definition) is 0. The minimum atomic E-state index is -1.15. The summed E-state index contributed by atoms with van der Waals surface area (Å²) in [5.74, 6) is -0.635. The molecule has 1 unspecified atom stereocenters. The topological polar surface area (TPSA) is 52.6 Å². The number of hydrogen-bond acceptors (Lipinski definition) is 4. The third-order valence-electron chi connectivity index (χ3n) is 5.25. The van der Waals surface area contributed by atoms with E-state index in [0.717, 1.165) is 30.4 Å². The summed E-state index contributed by atoms with van der Waals surface area (Å²) >= 11 is 0. The highest BCUT2D eigenvalue weighted by Crippen LogP contribution is 2.49. The molecule has 3 rings (SSSR count). The summed E-state index contributed by atoms with van der Waals surface area (Å²) in [6, 6.07) is 0. The van der Waals surface area contributed by atoms with Crippen LogP contribution in [-0.4, -0.2) is 17.4 Å². The molecule has 3 aliphatic rings. The predicted molar refractivity (Wildman–Crippen MR) is 99.9 cm³/mol. The van der Waals surface area contributed by atoms with Crippen LogP contribution in [0.3, 0.4) is 0 Å².